The number of allylic oxidation sites excluding steroid dienone is 1. The van der Waals surface area contributed by atoms with Crippen LogP contribution in [0.15, 0.2) is 35.9 Å². The van der Waals surface area contributed by atoms with Crippen LogP contribution in [0, 0.1) is 0 Å². The van der Waals surface area contributed by atoms with Crippen molar-refractivity contribution in [2.75, 3.05) is 19.6 Å². The van der Waals surface area contributed by atoms with Crippen molar-refractivity contribution in [3.05, 3.63) is 46.5 Å². The van der Waals surface area contributed by atoms with Gasteiger partial charge >= 0.3 is 0 Å². The Balaban J connectivity index is 2.08. The highest BCUT2D eigenvalue weighted by Gasteiger charge is 2.24. The highest BCUT2D eigenvalue weighted by atomic mass is 35.5. The van der Waals surface area contributed by atoms with Gasteiger partial charge in [0.2, 0.25) is 5.91 Å². The highest BCUT2D eigenvalue weighted by Crippen LogP contribution is 2.26. The Labute approximate surface area is 138 Å². The van der Waals surface area contributed by atoms with Gasteiger partial charge in [-0.2, -0.15) is 0 Å². The highest BCUT2D eigenvalue weighted by molar-refractivity contribution is 6.30. The third-order valence-electron chi connectivity index (χ3n) is 4.14. The molecular weight excluding hydrogens is 296 g/mol. The number of carbonyl (C=O) groups excluding carboxylic acids is 1. The Kier molecular flexibility index (Phi) is 6.47. The summed E-state index contributed by atoms with van der Waals surface area (Å²) in [6.07, 6.45) is 5.28. The number of likely N-dealkylation sites (tertiary alicyclic amines) is 1. The van der Waals surface area contributed by atoms with Crippen LogP contribution < -0.4 is 5.32 Å². The van der Waals surface area contributed by atoms with Crippen molar-refractivity contribution >= 4 is 17.5 Å². The number of hydrogen-bond acceptors (Lipinski definition) is 2. The molecule has 1 aliphatic rings. The van der Waals surface area contributed by atoms with E-state index in [0.717, 1.165) is 30.1 Å². The fourth-order valence-electron chi connectivity index (χ4n) is 2.95. The molecule has 1 atom stereocenters. The molecule has 0 bridgehead atoms. The molecule has 0 aromatic heterocycles. The van der Waals surface area contributed by atoms with E-state index in [4.69, 9.17) is 11.6 Å². The zero-order valence-corrected chi connectivity index (χ0v) is 14.2. The summed E-state index contributed by atoms with van der Waals surface area (Å²) in [5, 5.41) is 3.82. The molecule has 1 fully saturated rings. The summed E-state index contributed by atoms with van der Waals surface area (Å²) in [5.41, 5.74) is 1.96. The first-order valence-corrected chi connectivity index (χ1v) is 8.44. The van der Waals surface area contributed by atoms with Gasteiger partial charge in [-0.15, -0.1) is 0 Å². The molecule has 2 rings (SSSR count). The number of amides is 1. The Bertz CT molecular complexity index is 536. The summed E-state index contributed by atoms with van der Waals surface area (Å²) < 4.78 is 0. The maximum absolute atomic E-state index is 12.1. The van der Waals surface area contributed by atoms with Gasteiger partial charge in [-0.05, 0) is 57.0 Å². The SMILES string of the molecule is CC/C=C(/C)C(=O)NCC(c1cccc(Cl)c1)N1CCCC1. The van der Waals surface area contributed by atoms with E-state index in [1.807, 2.05) is 38.1 Å². The number of hydrogen-bond donors (Lipinski definition) is 1. The van der Waals surface area contributed by atoms with Crippen LogP contribution in [-0.2, 0) is 4.79 Å². The smallest absolute Gasteiger partial charge is 0.246 e. The van der Waals surface area contributed by atoms with Crippen LogP contribution in [0.4, 0.5) is 0 Å². The molecule has 22 heavy (non-hydrogen) atoms. The number of halogens is 1. The second-order valence-electron chi connectivity index (χ2n) is 5.82. The maximum Gasteiger partial charge on any atom is 0.246 e. The van der Waals surface area contributed by atoms with Gasteiger partial charge in [0.05, 0.1) is 6.04 Å². The van der Waals surface area contributed by atoms with Crippen molar-refractivity contribution in [2.45, 2.75) is 39.2 Å². The van der Waals surface area contributed by atoms with Crippen LogP contribution in [0.5, 0.6) is 0 Å². The van der Waals surface area contributed by atoms with Gasteiger partial charge in [0, 0.05) is 17.1 Å². The Morgan fingerprint density at radius 3 is 2.77 bits per heavy atom. The molecule has 1 aliphatic heterocycles. The van der Waals surface area contributed by atoms with E-state index in [1.165, 1.54) is 18.4 Å². The van der Waals surface area contributed by atoms with E-state index in [0.29, 0.717) is 6.54 Å². The van der Waals surface area contributed by atoms with Gasteiger partial charge in [-0.25, -0.2) is 0 Å². The van der Waals surface area contributed by atoms with Crippen molar-refractivity contribution in [3.8, 4) is 0 Å². The standard InChI is InChI=1S/C18H25ClN2O/c1-3-7-14(2)18(22)20-13-17(21-10-4-5-11-21)15-8-6-9-16(19)12-15/h6-9,12,17H,3-5,10-11,13H2,1-2H3,(H,20,22)/b14-7-. The molecule has 1 N–H and O–H groups in total. The quantitative estimate of drug-likeness (QED) is 0.805. The molecule has 1 aromatic rings. The lowest BCUT2D eigenvalue weighted by Crippen LogP contribution is -2.37. The number of nitrogens with one attached hydrogen (secondary N) is 1. The van der Waals surface area contributed by atoms with Crippen molar-refractivity contribution < 1.29 is 4.79 Å². The van der Waals surface area contributed by atoms with Crippen LogP contribution in [0.2, 0.25) is 5.02 Å². The lowest BCUT2D eigenvalue weighted by molar-refractivity contribution is -0.117. The lowest BCUT2D eigenvalue weighted by atomic mass is 10.1. The molecular formula is C18H25ClN2O. The predicted octanol–water partition coefficient (Wildman–Crippen LogP) is 3.95. The zero-order valence-electron chi connectivity index (χ0n) is 13.4. The Morgan fingerprint density at radius 2 is 2.14 bits per heavy atom. The van der Waals surface area contributed by atoms with Crippen LogP contribution in [0.1, 0.15) is 44.7 Å². The number of carbonyl (C=O) groups is 1. The van der Waals surface area contributed by atoms with E-state index in [1.54, 1.807) is 0 Å². The van der Waals surface area contributed by atoms with Gasteiger partial charge in [0.25, 0.3) is 0 Å². The monoisotopic (exact) mass is 320 g/mol. The molecule has 1 heterocycles. The van der Waals surface area contributed by atoms with Crippen LogP contribution >= 0.6 is 11.6 Å². The molecule has 3 nitrogen and oxygen atoms in total. The van der Waals surface area contributed by atoms with Crippen LogP contribution in [0.25, 0.3) is 0 Å². The van der Waals surface area contributed by atoms with Crippen molar-refractivity contribution in [3.63, 3.8) is 0 Å². The number of benzene rings is 1. The molecule has 0 aliphatic carbocycles. The molecule has 1 unspecified atom stereocenters. The third kappa shape index (κ3) is 4.59. The minimum absolute atomic E-state index is 0.0214. The van der Waals surface area contributed by atoms with E-state index < -0.39 is 0 Å². The van der Waals surface area contributed by atoms with Gasteiger partial charge < -0.3 is 5.32 Å². The van der Waals surface area contributed by atoms with Crippen LogP contribution in [-0.4, -0.2) is 30.4 Å². The molecule has 0 saturated carbocycles. The average molecular weight is 321 g/mol. The minimum atomic E-state index is 0.0214. The second-order valence-corrected chi connectivity index (χ2v) is 6.26. The summed E-state index contributed by atoms with van der Waals surface area (Å²) in [6, 6.07) is 8.16. The molecule has 1 aromatic carbocycles. The third-order valence-corrected chi connectivity index (χ3v) is 4.37. The van der Waals surface area contributed by atoms with Crippen molar-refractivity contribution in [1.29, 1.82) is 0 Å². The minimum Gasteiger partial charge on any atom is -0.350 e. The van der Waals surface area contributed by atoms with Gasteiger partial charge in [0.15, 0.2) is 0 Å². The van der Waals surface area contributed by atoms with Crippen molar-refractivity contribution in [1.82, 2.24) is 10.2 Å². The second kappa shape index (κ2) is 8.35. The summed E-state index contributed by atoms with van der Waals surface area (Å²) in [4.78, 5) is 14.6. The molecule has 1 saturated heterocycles. The first-order chi connectivity index (χ1) is 10.6. The predicted molar refractivity (Wildman–Crippen MR) is 92.1 cm³/mol. The van der Waals surface area contributed by atoms with Gasteiger partial charge in [-0.1, -0.05) is 36.7 Å². The Morgan fingerprint density at radius 1 is 1.41 bits per heavy atom. The summed E-state index contributed by atoms with van der Waals surface area (Å²) in [5.74, 6) is 0.0214. The molecule has 0 spiro atoms. The first-order valence-electron chi connectivity index (χ1n) is 8.06. The van der Waals surface area contributed by atoms with Gasteiger partial charge in [0.1, 0.15) is 0 Å². The summed E-state index contributed by atoms with van der Waals surface area (Å²) >= 11 is 6.14. The first kappa shape index (κ1) is 17.0. The maximum atomic E-state index is 12.1. The van der Waals surface area contributed by atoms with E-state index in [-0.39, 0.29) is 11.9 Å². The number of nitrogens with zero attached hydrogens (tertiary/aromatic N) is 1. The van der Waals surface area contributed by atoms with E-state index >= 15 is 0 Å². The zero-order chi connectivity index (χ0) is 15.9. The molecule has 1 amide bonds. The average Bonchev–Trinajstić information content (AvgIpc) is 3.01. The topological polar surface area (TPSA) is 32.3 Å². The fraction of sp³-hybridized carbons (Fsp3) is 0.500. The molecule has 0 radical (unpaired) electrons. The largest absolute Gasteiger partial charge is 0.350 e. The molecule has 120 valence electrons. The number of rotatable bonds is 6. The fourth-order valence-corrected chi connectivity index (χ4v) is 3.15. The van der Waals surface area contributed by atoms with Crippen LogP contribution in [0.3, 0.4) is 0 Å². The lowest BCUT2D eigenvalue weighted by Gasteiger charge is -2.28. The summed E-state index contributed by atoms with van der Waals surface area (Å²) in [6.45, 7) is 6.68. The molecule has 4 heteroatoms. The van der Waals surface area contributed by atoms with Crippen molar-refractivity contribution in [2.24, 2.45) is 0 Å². The normalized spacial score (nSPS) is 17.5. The summed E-state index contributed by atoms with van der Waals surface area (Å²) in [7, 11) is 0. The van der Waals surface area contributed by atoms with Gasteiger partial charge in [-0.3, -0.25) is 9.69 Å². The van der Waals surface area contributed by atoms with E-state index in [9.17, 15) is 4.79 Å². The van der Waals surface area contributed by atoms with E-state index in [2.05, 4.69) is 16.3 Å². The Hall–Kier alpha value is -1.32.